The van der Waals surface area contributed by atoms with Gasteiger partial charge in [-0.3, -0.25) is 5.32 Å². The molecule has 2 atom stereocenters. The molecular formula is C12H19NO4S. The smallest absolute Gasteiger partial charge is 0.156 e. The highest BCUT2D eigenvalue weighted by molar-refractivity contribution is 7.93. The van der Waals surface area contributed by atoms with Crippen molar-refractivity contribution in [2.45, 2.75) is 53.9 Å². The van der Waals surface area contributed by atoms with E-state index < -0.39 is 15.6 Å². The van der Waals surface area contributed by atoms with Crippen molar-refractivity contribution in [1.29, 1.82) is 0 Å². The predicted octanol–water partition coefficient (Wildman–Crippen LogP) is 0.201. The van der Waals surface area contributed by atoms with Gasteiger partial charge in [0.1, 0.15) is 5.72 Å². The van der Waals surface area contributed by atoms with Crippen LogP contribution in [-0.4, -0.2) is 50.0 Å². The van der Waals surface area contributed by atoms with Crippen molar-refractivity contribution in [2.75, 3.05) is 19.8 Å². The van der Waals surface area contributed by atoms with Crippen LogP contribution in [-0.2, 0) is 19.3 Å². The van der Waals surface area contributed by atoms with Gasteiger partial charge in [0, 0.05) is 12.8 Å². The minimum Gasteiger partial charge on any atom is -0.377 e. The van der Waals surface area contributed by atoms with Crippen LogP contribution in [0.1, 0.15) is 32.1 Å². The van der Waals surface area contributed by atoms with Gasteiger partial charge in [-0.2, -0.15) is 0 Å². The summed E-state index contributed by atoms with van der Waals surface area (Å²) in [4.78, 5) is 0. The highest BCUT2D eigenvalue weighted by atomic mass is 32.2. The van der Waals surface area contributed by atoms with Gasteiger partial charge in [0.15, 0.2) is 9.84 Å². The molecule has 4 saturated heterocycles. The number of fused-ring (bicyclic) bond motifs is 2. The zero-order chi connectivity index (χ0) is 12.4. The lowest BCUT2D eigenvalue weighted by molar-refractivity contribution is -0.201. The summed E-state index contributed by atoms with van der Waals surface area (Å²) < 4.78 is 35.6. The van der Waals surface area contributed by atoms with E-state index >= 15 is 0 Å². The minimum atomic E-state index is -2.88. The van der Waals surface area contributed by atoms with Crippen molar-refractivity contribution in [1.82, 2.24) is 5.32 Å². The number of hydrogen-bond donors (Lipinski definition) is 1. The van der Waals surface area contributed by atoms with Gasteiger partial charge in [-0.15, -0.1) is 0 Å². The predicted molar refractivity (Wildman–Crippen MR) is 64.9 cm³/mol. The normalized spacial score (nSPS) is 48.2. The van der Waals surface area contributed by atoms with Crippen LogP contribution >= 0.6 is 0 Å². The van der Waals surface area contributed by atoms with Crippen molar-refractivity contribution in [2.24, 2.45) is 0 Å². The van der Waals surface area contributed by atoms with Crippen molar-refractivity contribution in [3.8, 4) is 0 Å². The van der Waals surface area contributed by atoms with E-state index in [4.69, 9.17) is 9.47 Å². The van der Waals surface area contributed by atoms with E-state index in [1.807, 2.05) is 0 Å². The first-order chi connectivity index (χ1) is 8.54. The van der Waals surface area contributed by atoms with E-state index in [0.717, 1.165) is 39.1 Å². The largest absolute Gasteiger partial charge is 0.377 e. The lowest BCUT2D eigenvalue weighted by Crippen LogP contribution is -2.73. The molecule has 4 rings (SSSR count). The van der Waals surface area contributed by atoms with Crippen LogP contribution in [0, 0.1) is 0 Å². The Hall–Kier alpha value is -0.170. The third kappa shape index (κ3) is 1.46. The second-order valence-corrected chi connectivity index (χ2v) is 8.82. The third-order valence-electron chi connectivity index (χ3n) is 5.06. The maximum atomic E-state index is 12.1. The summed E-state index contributed by atoms with van der Waals surface area (Å²) in [5.74, 6) is 0. The van der Waals surface area contributed by atoms with Crippen molar-refractivity contribution in [3.05, 3.63) is 0 Å². The fourth-order valence-electron chi connectivity index (χ4n) is 4.04. The van der Waals surface area contributed by atoms with E-state index in [1.165, 1.54) is 0 Å². The molecule has 4 aliphatic rings. The van der Waals surface area contributed by atoms with Gasteiger partial charge in [0.25, 0.3) is 0 Å². The Balaban J connectivity index is 1.62. The standard InChI is InChI=1S/C12H19NO4S/c14-18(15)9-1-2-10(18)6-12(5-9)13-11(3-4-17-12)7-16-8-11/h9-10,13H,1-8H2. The summed E-state index contributed by atoms with van der Waals surface area (Å²) >= 11 is 0. The lowest BCUT2D eigenvalue weighted by atomic mass is 9.87. The van der Waals surface area contributed by atoms with Gasteiger partial charge in [-0.25, -0.2) is 8.42 Å². The summed E-state index contributed by atoms with van der Waals surface area (Å²) in [5.41, 5.74) is -0.349. The first kappa shape index (κ1) is 11.6. The summed E-state index contributed by atoms with van der Waals surface area (Å²) in [6, 6.07) is 0. The highest BCUT2D eigenvalue weighted by Gasteiger charge is 2.58. The Morgan fingerprint density at radius 2 is 1.78 bits per heavy atom. The van der Waals surface area contributed by atoms with Crippen molar-refractivity contribution < 1.29 is 17.9 Å². The molecule has 6 heteroatoms. The van der Waals surface area contributed by atoms with Gasteiger partial charge in [0.05, 0.1) is 35.9 Å². The molecular weight excluding hydrogens is 254 g/mol. The quantitative estimate of drug-likeness (QED) is 0.683. The number of nitrogens with one attached hydrogen (secondary N) is 1. The van der Waals surface area contributed by atoms with E-state index in [0.29, 0.717) is 12.8 Å². The summed E-state index contributed by atoms with van der Waals surface area (Å²) in [5, 5.41) is 3.22. The molecule has 4 aliphatic heterocycles. The van der Waals surface area contributed by atoms with Crippen molar-refractivity contribution in [3.63, 3.8) is 0 Å². The van der Waals surface area contributed by atoms with Crippen molar-refractivity contribution >= 4 is 9.84 Å². The van der Waals surface area contributed by atoms with E-state index in [1.54, 1.807) is 0 Å². The van der Waals surface area contributed by atoms with Crippen LogP contribution in [0.4, 0.5) is 0 Å². The molecule has 5 nitrogen and oxygen atoms in total. The first-order valence-corrected chi connectivity index (χ1v) is 8.39. The molecule has 18 heavy (non-hydrogen) atoms. The molecule has 0 amide bonds. The molecule has 0 aromatic rings. The van der Waals surface area contributed by atoms with Gasteiger partial charge >= 0.3 is 0 Å². The average molecular weight is 273 g/mol. The number of sulfone groups is 1. The molecule has 0 radical (unpaired) electrons. The molecule has 4 fully saturated rings. The minimum absolute atomic E-state index is 0.0544. The molecule has 1 N–H and O–H groups in total. The molecule has 0 aromatic carbocycles. The number of ether oxygens (including phenoxy) is 2. The molecule has 0 aliphatic carbocycles. The summed E-state index contributed by atoms with van der Waals surface area (Å²) in [6.45, 7) is 2.19. The molecule has 4 heterocycles. The second kappa shape index (κ2) is 3.48. The molecule has 0 aromatic heterocycles. The Kier molecular flexibility index (Phi) is 2.25. The molecule has 0 saturated carbocycles. The number of hydrogen-bond acceptors (Lipinski definition) is 5. The fourth-order valence-corrected chi connectivity index (χ4v) is 6.51. The molecule has 2 spiro atoms. The van der Waals surface area contributed by atoms with Crippen LogP contribution in [0.25, 0.3) is 0 Å². The average Bonchev–Trinajstić information content (AvgIpc) is 2.50. The monoisotopic (exact) mass is 273 g/mol. The van der Waals surface area contributed by atoms with Gasteiger partial charge in [-0.1, -0.05) is 0 Å². The molecule has 102 valence electrons. The van der Waals surface area contributed by atoms with Gasteiger partial charge in [-0.05, 0) is 19.3 Å². The molecule has 2 bridgehead atoms. The molecule has 2 unspecified atom stereocenters. The van der Waals surface area contributed by atoms with Crippen LogP contribution in [0.2, 0.25) is 0 Å². The summed E-state index contributed by atoms with van der Waals surface area (Å²) in [7, 11) is -2.88. The Morgan fingerprint density at radius 3 is 2.33 bits per heavy atom. The Labute approximate surface area is 107 Å². The Bertz CT molecular complexity index is 450. The fraction of sp³-hybridized carbons (Fsp3) is 1.00. The Morgan fingerprint density at radius 1 is 1.11 bits per heavy atom. The van der Waals surface area contributed by atoms with Crippen LogP contribution < -0.4 is 5.32 Å². The number of rotatable bonds is 0. The third-order valence-corrected chi connectivity index (χ3v) is 7.73. The topological polar surface area (TPSA) is 64.6 Å². The van der Waals surface area contributed by atoms with Gasteiger partial charge < -0.3 is 9.47 Å². The second-order valence-electron chi connectivity index (χ2n) is 6.31. The summed E-state index contributed by atoms with van der Waals surface area (Å²) in [6.07, 6.45) is 3.82. The van der Waals surface area contributed by atoms with E-state index in [9.17, 15) is 8.42 Å². The highest BCUT2D eigenvalue weighted by Crippen LogP contribution is 2.46. The van der Waals surface area contributed by atoms with Crippen LogP contribution in [0.3, 0.4) is 0 Å². The van der Waals surface area contributed by atoms with E-state index in [-0.39, 0.29) is 16.0 Å². The first-order valence-electron chi connectivity index (χ1n) is 6.78. The van der Waals surface area contributed by atoms with Gasteiger partial charge in [0.2, 0.25) is 0 Å². The van der Waals surface area contributed by atoms with E-state index in [2.05, 4.69) is 5.32 Å². The van der Waals surface area contributed by atoms with Crippen LogP contribution in [0.5, 0.6) is 0 Å². The zero-order valence-corrected chi connectivity index (χ0v) is 11.2. The SMILES string of the molecule is O=S1(=O)C2CCC1CC1(C2)NC2(CCO1)COC2. The zero-order valence-electron chi connectivity index (χ0n) is 10.4. The maximum absolute atomic E-state index is 12.1. The maximum Gasteiger partial charge on any atom is 0.156 e. The lowest BCUT2D eigenvalue weighted by Gasteiger charge is -2.55. The van der Waals surface area contributed by atoms with Crippen LogP contribution in [0.15, 0.2) is 0 Å².